The molecular weight excluding hydrogens is 413 g/mol. The van der Waals surface area contributed by atoms with Crippen molar-refractivity contribution in [1.29, 1.82) is 0 Å². The van der Waals surface area contributed by atoms with Gasteiger partial charge in [-0.15, -0.1) is 0 Å². The Hall–Kier alpha value is -2.40. The molecule has 2 saturated heterocycles. The molecule has 1 N–H and O–H groups in total. The molecule has 168 valence electrons. The summed E-state index contributed by atoms with van der Waals surface area (Å²) in [6.07, 6.45) is -1.74. The molecular formula is C20H25F3N6O2. The maximum Gasteiger partial charge on any atom is 0.397 e. The Balaban J connectivity index is 1.40. The quantitative estimate of drug-likeness (QED) is 0.775. The molecule has 0 aromatic carbocycles. The third-order valence-electron chi connectivity index (χ3n) is 6.96. The Morgan fingerprint density at radius 3 is 2.94 bits per heavy atom. The lowest BCUT2D eigenvalue weighted by Gasteiger charge is -2.30. The number of amides is 1. The lowest BCUT2D eigenvalue weighted by atomic mass is 9.94. The van der Waals surface area contributed by atoms with Gasteiger partial charge in [-0.25, -0.2) is 9.50 Å². The van der Waals surface area contributed by atoms with Crippen LogP contribution in [-0.2, 0) is 9.53 Å². The van der Waals surface area contributed by atoms with Crippen molar-refractivity contribution in [1.82, 2.24) is 24.8 Å². The van der Waals surface area contributed by atoms with Crippen molar-refractivity contribution in [2.45, 2.75) is 25.6 Å². The van der Waals surface area contributed by atoms with Crippen LogP contribution < -0.4 is 10.2 Å². The van der Waals surface area contributed by atoms with Gasteiger partial charge in [0.2, 0.25) is 5.91 Å². The molecule has 8 nitrogen and oxygen atoms in total. The molecule has 3 aliphatic rings. The lowest BCUT2D eigenvalue weighted by molar-refractivity contribution is -0.191. The summed E-state index contributed by atoms with van der Waals surface area (Å²) in [5.74, 6) is -0.547. The van der Waals surface area contributed by atoms with Crippen LogP contribution in [0, 0.1) is 17.8 Å². The normalized spacial score (nSPS) is 31.1. The molecule has 2 aliphatic heterocycles. The molecule has 5 rings (SSSR count). The second-order valence-electron chi connectivity index (χ2n) is 9.09. The number of alkyl halides is 3. The number of morpholine rings is 1. The fourth-order valence-electron chi connectivity index (χ4n) is 5.23. The molecule has 2 aromatic heterocycles. The number of pyridine rings is 1. The second-order valence-corrected chi connectivity index (χ2v) is 9.09. The van der Waals surface area contributed by atoms with E-state index in [-0.39, 0.29) is 32.2 Å². The Morgan fingerprint density at radius 2 is 2.19 bits per heavy atom. The van der Waals surface area contributed by atoms with Crippen LogP contribution in [0.15, 0.2) is 18.6 Å². The van der Waals surface area contributed by atoms with Crippen molar-refractivity contribution in [2.24, 2.45) is 10.8 Å². The fourth-order valence-corrected chi connectivity index (χ4v) is 5.23. The first-order valence-electron chi connectivity index (χ1n) is 10.4. The van der Waals surface area contributed by atoms with Crippen molar-refractivity contribution < 1.29 is 22.7 Å². The predicted molar refractivity (Wildman–Crippen MR) is 106 cm³/mol. The zero-order valence-electron chi connectivity index (χ0n) is 17.4. The van der Waals surface area contributed by atoms with Crippen LogP contribution in [0.3, 0.4) is 0 Å². The molecule has 1 saturated carbocycles. The van der Waals surface area contributed by atoms with Gasteiger partial charge >= 0.3 is 6.18 Å². The fraction of sp³-hybridized carbons (Fsp3) is 0.650. The number of aryl methyl sites for hydroxylation is 1. The number of aromatic nitrogens is 3. The third-order valence-corrected chi connectivity index (χ3v) is 6.96. The van der Waals surface area contributed by atoms with Gasteiger partial charge in [-0.05, 0) is 32.0 Å². The molecule has 1 aliphatic carbocycles. The Bertz CT molecular complexity index is 1030. The monoisotopic (exact) mass is 438 g/mol. The summed E-state index contributed by atoms with van der Waals surface area (Å²) in [7, 11) is 1.95. The van der Waals surface area contributed by atoms with Crippen LogP contribution in [-0.4, -0.2) is 84.1 Å². The number of ether oxygens (including phenoxy) is 1. The number of nitrogens with zero attached hydrogens (tertiary/aromatic N) is 5. The van der Waals surface area contributed by atoms with E-state index in [1.165, 1.54) is 6.33 Å². The van der Waals surface area contributed by atoms with Crippen molar-refractivity contribution >= 4 is 17.2 Å². The predicted octanol–water partition coefficient (Wildman–Crippen LogP) is 1.24. The smallest absolute Gasteiger partial charge is 0.374 e. The van der Waals surface area contributed by atoms with Crippen LogP contribution >= 0.6 is 0 Å². The highest BCUT2D eigenvalue weighted by Gasteiger charge is 2.86. The van der Waals surface area contributed by atoms with Crippen molar-refractivity contribution in [3.8, 4) is 0 Å². The van der Waals surface area contributed by atoms with E-state index < -0.39 is 22.9 Å². The van der Waals surface area contributed by atoms with Gasteiger partial charge in [0.1, 0.15) is 11.7 Å². The highest BCUT2D eigenvalue weighted by atomic mass is 19.4. The summed E-state index contributed by atoms with van der Waals surface area (Å²) >= 11 is 0. The average Bonchev–Trinajstić information content (AvgIpc) is 3.00. The van der Waals surface area contributed by atoms with Crippen LogP contribution in [0.5, 0.6) is 0 Å². The van der Waals surface area contributed by atoms with E-state index in [2.05, 4.69) is 20.3 Å². The Morgan fingerprint density at radius 1 is 1.39 bits per heavy atom. The van der Waals surface area contributed by atoms with E-state index in [4.69, 9.17) is 4.74 Å². The number of piperidine rings is 1. The molecule has 0 bridgehead atoms. The number of hydrogen-bond acceptors (Lipinski definition) is 6. The first-order chi connectivity index (χ1) is 14.7. The molecule has 2 aromatic rings. The topological polar surface area (TPSA) is 75.0 Å². The van der Waals surface area contributed by atoms with Gasteiger partial charge in [0.05, 0.1) is 23.8 Å². The van der Waals surface area contributed by atoms with Gasteiger partial charge in [0.25, 0.3) is 0 Å². The lowest BCUT2D eigenvalue weighted by Crippen LogP contribution is -2.48. The molecule has 0 radical (unpaired) electrons. The molecule has 3 fully saturated rings. The molecule has 31 heavy (non-hydrogen) atoms. The number of rotatable bonds is 4. The highest BCUT2D eigenvalue weighted by Crippen LogP contribution is 2.75. The van der Waals surface area contributed by atoms with Gasteiger partial charge in [0, 0.05) is 38.9 Å². The first kappa shape index (κ1) is 20.5. The number of nitrogens with one attached hydrogen (secondary N) is 1. The van der Waals surface area contributed by atoms with Crippen molar-refractivity contribution in [2.75, 3.05) is 51.3 Å². The first-order valence-corrected chi connectivity index (χ1v) is 10.4. The average molecular weight is 438 g/mol. The molecule has 3 unspecified atom stereocenters. The summed E-state index contributed by atoms with van der Waals surface area (Å²) in [5, 5.41) is 6.87. The molecule has 11 heteroatoms. The largest absolute Gasteiger partial charge is 0.397 e. The van der Waals surface area contributed by atoms with E-state index in [0.29, 0.717) is 24.5 Å². The molecule has 0 spiro atoms. The highest BCUT2D eigenvalue weighted by molar-refractivity contribution is 5.90. The van der Waals surface area contributed by atoms with Crippen LogP contribution in [0.1, 0.15) is 12.0 Å². The van der Waals surface area contributed by atoms with Crippen LogP contribution in [0.2, 0.25) is 0 Å². The number of carbonyl (C=O) groups excluding carboxylic acids is 1. The molecule has 1 amide bonds. The summed E-state index contributed by atoms with van der Waals surface area (Å²) in [5.41, 5.74) is -1.63. The summed E-state index contributed by atoms with van der Waals surface area (Å²) in [6, 6.07) is 1.80. The van der Waals surface area contributed by atoms with Gasteiger partial charge in [0.15, 0.2) is 5.65 Å². The van der Waals surface area contributed by atoms with E-state index in [9.17, 15) is 18.0 Å². The molecule has 3 atom stereocenters. The summed E-state index contributed by atoms with van der Waals surface area (Å²) in [4.78, 5) is 21.0. The maximum absolute atomic E-state index is 14.2. The van der Waals surface area contributed by atoms with Gasteiger partial charge < -0.3 is 19.9 Å². The maximum atomic E-state index is 14.2. The SMILES string of the molecule is Cc1cc(N2CC3(C(=O)NCC4CN(C)CCO4)CC3(C(F)(F)F)C2)c2ncnn2c1. The minimum atomic E-state index is -4.48. The van der Waals surface area contributed by atoms with Crippen molar-refractivity contribution in [3.05, 3.63) is 24.2 Å². The van der Waals surface area contributed by atoms with E-state index >= 15 is 0 Å². The third kappa shape index (κ3) is 3.08. The number of fused-ring (bicyclic) bond motifs is 2. The number of hydrogen-bond donors (Lipinski definition) is 1. The second kappa shape index (κ2) is 6.80. The molecule has 4 heterocycles. The number of halogens is 3. The van der Waals surface area contributed by atoms with E-state index in [0.717, 1.165) is 12.1 Å². The number of carbonyl (C=O) groups is 1. The van der Waals surface area contributed by atoms with Crippen LogP contribution in [0.4, 0.5) is 18.9 Å². The van der Waals surface area contributed by atoms with Crippen molar-refractivity contribution in [3.63, 3.8) is 0 Å². The number of anilines is 1. The van der Waals surface area contributed by atoms with Gasteiger partial charge in [-0.2, -0.15) is 18.3 Å². The summed E-state index contributed by atoms with van der Waals surface area (Å²) < 4.78 is 49.8. The number of likely N-dealkylation sites (N-methyl/N-ethyl adjacent to an activating group) is 1. The minimum Gasteiger partial charge on any atom is -0.374 e. The van der Waals surface area contributed by atoms with E-state index in [1.54, 1.807) is 21.7 Å². The zero-order chi connectivity index (χ0) is 22.0. The standard InChI is InChI=1S/C20H25F3N6O2/c1-13-5-15(16-25-12-26-29(16)7-13)28-10-18(9-19(18,11-28)20(21,22)23)17(30)24-6-14-8-27(2)3-4-31-14/h5,7,12,14H,3-4,6,8-11H2,1-2H3,(H,24,30). The Kier molecular flexibility index (Phi) is 4.50. The minimum absolute atomic E-state index is 0.00422. The Labute approximate surface area is 177 Å². The zero-order valence-corrected chi connectivity index (χ0v) is 17.4. The summed E-state index contributed by atoms with van der Waals surface area (Å²) in [6.45, 7) is 3.77. The van der Waals surface area contributed by atoms with Crippen LogP contribution in [0.25, 0.3) is 5.65 Å². The van der Waals surface area contributed by atoms with Gasteiger partial charge in [-0.3, -0.25) is 4.79 Å². The van der Waals surface area contributed by atoms with E-state index in [1.807, 2.05) is 14.0 Å². The van der Waals surface area contributed by atoms with Gasteiger partial charge in [-0.1, -0.05) is 0 Å².